The highest BCUT2D eigenvalue weighted by Gasteiger charge is 2.12. The van der Waals surface area contributed by atoms with Crippen molar-refractivity contribution in [3.8, 4) is 0 Å². The third-order valence-electron chi connectivity index (χ3n) is 3.20. The van der Waals surface area contributed by atoms with Crippen molar-refractivity contribution in [2.45, 2.75) is 33.2 Å². The van der Waals surface area contributed by atoms with Crippen molar-refractivity contribution >= 4 is 22.4 Å². The molecule has 2 N–H and O–H groups in total. The van der Waals surface area contributed by atoms with Crippen LogP contribution in [0.3, 0.4) is 0 Å². The fraction of sp³-hybridized carbons (Fsp3) is 0.375. The largest absolute Gasteiger partial charge is 0.309 e. The van der Waals surface area contributed by atoms with Crippen LogP contribution in [0, 0.1) is 6.92 Å². The molecule has 0 spiro atoms. The number of anilines is 1. The van der Waals surface area contributed by atoms with E-state index >= 15 is 0 Å². The Morgan fingerprint density at radius 2 is 2.05 bits per heavy atom. The highest BCUT2D eigenvalue weighted by Crippen LogP contribution is 2.21. The van der Waals surface area contributed by atoms with E-state index in [0.29, 0.717) is 10.7 Å². The molecule has 0 radical (unpaired) electrons. The van der Waals surface area contributed by atoms with Gasteiger partial charge in [0.15, 0.2) is 5.13 Å². The fourth-order valence-corrected chi connectivity index (χ4v) is 2.68. The summed E-state index contributed by atoms with van der Waals surface area (Å²) >= 11 is 1.45. The number of carbonyl (C=O) groups is 1. The Morgan fingerprint density at radius 1 is 1.33 bits per heavy atom. The number of thiazole rings is 1. The molecule has 0 bridgehead atoms. The first-order valence-electron chi connectivity index (χ1n) is 7.17. The summed E-state index contributed by atoms with van der Waals surface area (Å²) < 4.78 is 0. The number of rotatable bonds is 6. The summed E-state index contributed by atoms with van der Waals surface area (Å²) in [5, 5.41) is 8.86. The molecule has 0 saturated carbocycles. The molecule has 1 atom stereocenters. The summed E-state index contributed by atoms with van der Waals surface area (Å²) in [6.07, 6.45) is 1.09. The second-order valence-corrected chi connectivity index (χ2v) is 5.93. The zero-order valence-corrected chi connectivity index (χ0v) is 13.5. The molecule has 0 fully saturated rings. The van der Waals surface area contributed by atoms with Gasteiger partial charge in [-0.1, -0.05) is 24.6 Å². The Hall–Kier alpha value is -1.72. The summed E-state index contributed by atoms with van der Waals surface area (Å²) in [4.78, 5) is 16.6. The van der Waals surface area contributed by atoms with Gasteiger partial charge in [0, 0.05) is 17.0 Å². The van der Waals surface area contributed by atoms with Crippen LogP contribution in [0.15, 0.2) is 29.6 Å². The number of hydrogen-bond donors (Lipinski definition) is 2. The molecule has 4 nitrogen and oxygen atoms in total. The van der Waals surface area contributed by atoms with Gasteiger partial charge >= 0.3 is 0 Å². The molecule has 1 aromatic heterocycles. The smallest absolute Gasteiger partial charge is 0.257 e. The molecule has 1 aromatic carbocycles. The van der Waals surface area contributed by atoms with Crippen molar-refractivity contribution in [3.63, 3.8) is 0 Å². The van der Waals surface area contributed by atoms with Gasteiger partial charge in [0.25, 0.3) is 5.91 Å². The van der Waals surface area contributed by atoms with Crippen molar-refractivity contribution in [2.24, 2.45) is 0 Å². The van der Waals surface area contributed by atoms with Crippen LogP contribution in [-0.4, -0.2) is 17.4 Å². The molecule has 1 unspecified atom stereocenters. The maximum Gasteiger partial charge on any atom is 0.257 e. The third-order valence-corrected chi connectivity index (χ3v) is 3.98. The Morgan fingerprint density at radius 3 is 2.71 bits per heavy atom. The second-order valence-electron chi connectivity index (χ2n) is 5.07. The lowest BCUT2D eigenvalue weighted by atomic mass is 10.1. The summed E-state index contributed by atoms with van der Waals surface area (Å²) in [5.74, 6) is -0.120. The molecule has 2 rings (SSSR count). The Labute approximate surface area is 129 Å². The molecule has 1 amide bonds. The van der Waals surface area contributed by atoms with Gasteiger partial charge in [-0.3, -0.25) is 10.1 Å². The highest BCUT2D eigenvalue weighted by atomic mass is 32.1. The van der Waals surface area contributed by atoms with Crippen LogP contribution in [0.2, 0.25) is 0 Å². The second kappa shape index (κ2) is 7.33. The predicted octanol–water partition coefficient (Wildman–Crippen LogP) is 3.76. The molecule has 0 saturated heterocycles. The van der Waals surface area contributed by atoms with Crippen molar-refractivity contribution < 1.29 is 4.79 Å². The molecule has 21 heavy (non-hydrogen) atoms. The van der Waals surface area contributed by atoms with Gasteiger partial charge in [0.2, 0.25) is 0 Å². The van der Waals surface area contributed by atoms with Gasteiger partial charge in [-0.25, -0.2) is 4.98 Å². The van der Waals surface area contributed by atoms with Gasteiger partial charge in [0.1, 0.15) is 0 Å². The number of benzene rings is 1. The molecular formula is C16H21N3OS. The maximum atomic E-state index is 12.1. The number of nitrogens with zero attached hydrogens (tertiary/aromatic N) is 1. The molecule has 5 heteroatoms. The molecule has 112 valence electrons. The first-order valence-corrected chi connectivity index (χ1v) is 8.05. The Bertz CT molecular complexity index is 592. The monoisotopic (exact) mass is 303 g/mol. The minimum Gasteiger partial charge on any atom is -0.309 e. The van der Waals surface area contributed by atoms with E-state index in [1.54, 1.807) is 0 Å². The van der Waals surface area contributed by atoms with Gasteiger partial charge in [-0.15, -0.1) is 11.3 Å². The average Bonchev–Trinajstić information content (AvgIpc) is 2.94. The van der Waals surface area contributed by atoms with Crippen LogP contribution in [-0.2, 0) is 0 Å². The quantitative estimate of drug-likeness (QED) is 0.854. The number of aryl methyl sites for hydroxylation is 1. The lowest BCUT2D eigenvalue weighted by Crippen LogP contribution is -2.19. The first-order chi connectivity index (χ1) is 10.1. The van der Waals surface area contributed by atoms with Crippen molar-refractivity contribution in [1.29, 1.82) is 0 Å². The van der Waals surface area contributed by atoms with E-state index in [2.05, 4.69) is 29.5 Å². The van der Waals surface area contributed by atoms with E-state index in [1.807, 2.05) is 36.6 Å². The normalized spacial score (nSPS) is 12.1. The number of nitrogens with one attached hydrogen (secondary N) is 2. The zero-order valence-electron chi connectivity index (χ0n) is 12.6. The van der Waals surface area contributed by atoms with Gasteiger partial charge in [0.05, 0.1) is 5.69 Å². The third kappa shape index (κ3) is 4.37. The van der Waals surface area contributed by atoms with Crippen LogP contribution in [0.25, 0.3) is 0 Å². The van der Waals surface area contributed by atoms with Crippen LogP contribution in [0.5, 0.6) is 0 Å². The standard InChI is InChI=1S/C16H21N3OS/c1-4-9-17-12(3)14-10-21-16(18-14)19-15(20)13-7-5-11(2)6-8-13/h5-8,10,12,17H,4,9H2,1-3H3,(H,18,19,20). The molecule has 1 heterocycles. The summed E-state index contributed by atoms with van der Waals surface area (Å²) in [7, 11) is 0. The van der Waals surface area contributed by atoms with Crippen LogP contribution >= 0.6 is 11.3 Å². The van der Waals surface area contributed by atoms with Crippen molar-refractivity contribution in [3.05, 3.63) is 46.5 Å². The summed E-state index contributed by atoms with van der Waals surface area (Å²) in [5.41, 5.74) is 2.75. The van der Waals surface area contributed by atoms with E-state index in [-0.39, 0.29) is 11.9 Å². The molecule has 2 aromatic rings. The lowest BCUT2D eigenvalue weighted by Gasteiger charge is -2.09. The Balaban J connectivity index is 1.98. The zero-order chi connectivity index (χ0) is 15.2. The van der Waals surface area contributed by atoms with Gasteiger partial charge < -0.3 is 5.32 Å². The molecule has 0 aliphatic carbocycles. The Kier molecular flexibility index (Phi) is 5.47. The van der Waals surface area contributed by atoms with Crippen LogP contribution in [0.1, 0.15) is 47.9 Å². The predicted molar refractivity (Wildman–Crippen MR) is 88.0 cm³/mol. The highest BCUT2D eigenvalue weighted by molar-refractivity contribution is 7.14. The van der Waals surface area contributed by atoms with E-state index in [1.165, 1.54) is 11.3 Å². The summed E-state index contributed by atoms with van der Waals surface area (Å²) in [6.45, 7) is 7.17. The minimum atomic E-state index is -0.120. The van der Waals surface area contributed by atoms with Crippen LogP contribution in [0.4, 0.5) is 5.13 Å². The van der Waals surface area contributed by atoms with Crippen LogP contribution < -0.4 is 10.6 Å². The van der Waals surface area contributed by atoms with E-state index in [9.17, 15) is 4.79 Å². The number of amides is 1. The van der Waals surface area contributed by atoms with E-state index in [4.69, 9.17) is 0 Å². The van der Waals surface area contributed by atoms with Crippen molar-refractivity contribution in [1.82, 2.24) is 10.3 Å². The molecular weight excluding hydrogens is 282 g/mol. The molecule has 0 aliphatic rings. The number of aromatic nitrogens is 1. The SMILES string of the molecule is CCCNC(C)c1csc(NC(=O)c2ccc(C)cc2)n1. The first kappa shape index (κ1) is 15.7. The molecule has 0 aliphatic heterocycles. The topological polar surface area (TPSA) is 54.0 Å². The van der Waals surface area contributed by atoms with Gasteiger partial charge in [-0.05, 0) is 38.9 Å². The minimum absolute atomic E-state index is 0.120. The number of hydrogen-bond acceptors (Lipinski definition) is 4. The fourth-order valence-electron chi connectivity index (χ4n) is 1.88. The lowest BCUT2D eigenvalue weighted by molar-refractivity contribution is 0.102. The maximum absolute atomic E-state index is 12.1. The van der Waals surface area contributed by atoms with Gasteiger partial charge in [-0.2, -0.15) is 0 Å². The number of carbonyl (C=O) groups excluding carboxylic acids is 1. The summed E-state index contributed by atoms with van der Waals surface area (Å²) in [6, 6.07) is 7.71. The van der Waals surface area contributed by atoms with Crippen molar-refractivity contribution in [2.75, 3.05) is 11.9 Å². The van der Waals surface area contributed by atoms with E-state index in [0.717, 1.165) is 24.2 Å². The average molecular weight is 303 g/mol. The van der Waals surface area contributed by atoms with E-state index < -0.39 is 0 Å².